The molecule has 7 rings (SSSR count). The van der Waals surface area contributed by atoms with Gasteiger partial charge >= 0.3 is 0 Å². The van der Waals surface area contributed by atoms with Crippen LogP contribution in [-0.4, -0.2) is 103 Å². The highest BCUT2D eigenvalue weighted by Crippen LogP contribution is 2.55. The van der Waals surface area contributed by atoms with E-state index in [0.29, 0.717) is 29.2 Å². The Kier molecular flexibility index (Phi) is 11.5. The number of hydrogen-bond acceptors (Lipinski definition) is 11. The lowest BCUT2D eigenvalue weighted by Gasteiger charge is -2.63. The minimum Gasteiger partial charge on any atom is -0.489 e. The summed E-state index contributed by atoms with van der Waals surface area (Å²) in [5.41, 5.74) is 3.58. The second kappa shape index (κ2) is 16.4. The molecular weight excluding hydrogens is 735 g/mol. The van der Waals surface area contributed by atoms with Crippen LogP contribution in [0.4, 0.5) is 11.5 Å². The quantitative estimate of drug-likeness (QED) is 0.252. The molecule has 0 bridgehead atoms. The Morgan fingerprint density at radius 2 is 1.50 bits per heavy atom. The first kappa shape index (κ1) is 40.6. The fourth-order valence-corrected chi connectivity index (χ4v) is 9.72. The van der Waals surface area contributed by atoms with Crippen molar-refractivity contribution in [3.63, 3.8) is 0 Å². The summed E-state index contributed by atoms with van der Waals surface area (Å²) in [6, 6.07) is 16.4. The minimum absolute atomic E-state index is 0.150. The maximum atomic E-state index is 13.4. The van der Waals surface area contributed by atoms with Gasteiger partial charge in [-0.25, -0.2) is 0 Å². The predicted octanol–water partition coefficient (Wildman–Crippen LogP) is 4.15. The third kappa shape index (κ3) is 8.36. The molecule has 3 aliphatic heterocycles. The van der Waals surface area contributed by atoms with E-state index < -0.39 is 11.9 Å². The predicted molar refractivity (Wildman–Crippen MR) is 220 cm³/mol. The summed E-state index contributed by atoms with van der Waals surface area (Å²) in [5.74, 6) is 0.766. The van der Waals surface area contributed by atoms with Crippen molar-refractivity contribution < 1.29 is 23.9 Å². The summed E-state index contributed by atoms with van der Waals surface area (Å²) in [6.45, 7) is 18.8. The molecule has 0 spiro atoms. The van der Waals surface area contributed by atoms with Crippen molar-refractivity contribution in [1.29, 1.82) is 5.26 Å². The number of carbonyl (C=O) groups excluding carboxylic acids is 4. The lowest BCUT2D eigenvalue weighted by Crippen LogP contribution is -2.74. The van der Waals surface area contributed by atoms with E-state index >= 15 is 0 Å². The zero-order chi connectivity index (χ0) is 41.4. The van der Waals surface area contributed by atoms with Crippen molar-refractivity contribution in [3.05, 3.63) is 76.5 Å². The number of aryl methyl sites for hydroxylation is 2. The van der Waals surface area contributed by atoms with Gasteiger partial charge < -0.3 is 25.2 Å². The van der Waals surface area contributed by atoms with Crippen LogP contribution in [-0.2, 0) is 9.59 Å². The Balaban J connectivity index is 0.837. The molecule has 0 radical (unpaired) electrons. The van der Waals surface area contributed by atoms with Crippen LogP contribution in [0.5, 0.6) is 5.75 Å². The van der Waals surface area contributed by atoms with Gasteiger partial charge in [-0.3, -0.25) is 29.4 Å². The van der Waals surface area contributed by atoms with Gasteiger partial charge in [0.25, 0.3) is 11.8 Å². The van der Waals surface area contributed by atoms with Gasteiger partial charge in [0.1, 0.15) is 17.9 Å². The topological polar surface area (TPSA) is 173 Å². The molecule has 3 N–H and O–H groups in total. The normalized spacial score (nSPS) is 23.3. The summed E-state index contributed by atoms with van der Waals surface area (Å²) in [7, 11) is 0. The van der Waals surface area contributed by atoms with Crippen molar-refractivity contribution in [2.24, 2.45) is 16.7 Å². The van der Waals surface area contributed by atoms with Crippen molar-refractivity contribution in [1.82, 2.24) is 31.0 Å². The largest absolute Gasteiger partial charge is 0.489 e. The van der Waals surface area contributed by atoms with E-state index in [9.17, 15) is 24.4 Å². The van der Waals surface area contributed by atoms with Crippen LogP contribution in [0.15, 0.2) is 48.5 Å². The SMILES string of the molecule is Cc1cc(O[C@H]2C(C)(C)[C@H](NC(=O)c3ccc(N4CCC(CN5CCN(c6ccc(C(=O)NC7CCC(=O)NC7=O)cc6)CC5)CC4)nn3)C2(C)C)cc(C)c1C#N. The molecule has 58 heavy (non-hydrogen) atoms. The van der Waals surface area contributed by atoms with E-state index in [1.54, 1.807) is 18.2 Å². The highest BCUT2D eigenvalue weighted by Gasteiger charge is 2.64. The lowest BCUT2D eigenvalue weighted by molar-refractivity contribution is -0.164. The number of nitriles is 1. The Bertz CT molecular complexity index is 2040. The minimum atomic E-state index is -0.696. The molecule has 1 aromatic heterocycles. The van der Waals surface area contributed by atoms with Crippen LogP contribution in [0.1, 0.15) is 90.9 Å². The number of carbonyl (C=O) groups is 4. The standard InChI is InChI=1S/C44H55N9O5/c1-27-23-32(24-28(2)33(27)25-45)58-42-43(3,4)41(44(42,5)6)48-40(57)35-11-13-36(50-49-35)53-17-15-29(16-18-53)26-51-19-21-52(22-20-51)31-9-7-30(8-10-31)38(55)46-34-12-14-37(54)47-39(34)56/h7-11,13,23-24,29,34,41-42H,12,14-22,26H2,1-6H3,(H,46,55)(H,48,57)(H,47,54,56)/t34?,41-,42-. The molecule has 1 aliphatic carbocycles. The molecule has 4 fully saturated rings. The van der Waals surface area contributed by atoms with Crippen LogP contribution in [0.25, 0.3) is 0 Å². The number of imide groups is 1. The second-order valence-electron chi connectivity index (χ2n) is 17.6. The van der Waals surface area contributed by atoms with Crippen LogP contribution in [0.3, 0.4) is 0 Å². The number of piperazine rings is 1. The Hall–Kier alpha value is -5.55. The number of benzene rings is 2. The Morgan fingerprint density at radius 3 is 2.09 bits per heavy atom. The van der Waals surface area contributed by atoms with E-state index in [4.69, 9.17) is 4.74 Å². The number of nitrogens with zero attached hydrogens (tertiary/aromatic N) is 6. The van der Waals surface area contributed by atoms with Crippen LogP contribution >= 0.6 is 0 Å². The van der Waals surface area contributed by atoms with E-state index in [-0.39, 0.29) is 47.1 Å². The van der Waals surface area contributed by atoms with Crippen molar-refractivity contribution in [3.8, 4) is 11.8 Å². The first-order valence-electron chi connectivity index (χ1n) is 20.4. The fraction of sp³-hybridized carbons (Fsp3) is 0.523. The molecule has 14 heteroatoms. The number of ether oxygens (including phenoxy) is 1. The fourth-order valence-electron chi connectivity index (χ4n) is 9.72. The molecule has 4 amide bonds. The Labute approximate surface area is 340 Å². The van der Waals surface area contributed by atoms with Gasteiger partial charge in [0, 0.05) is 80.4 Å². The third-order valence-corrected chi connectivity index (χ3v) is 12.7. The molecule has 4 heterocycles. The van der Waals surface area contributed by atoms with Crippen LogP contribution in [0, 0.1) is 41.9 Å². The first-order chi connectivity index (χ1) is 27.6. The number of amides is 4. The van der Waals surface area contributed by atoms with Crippen LogP contribution in [0.2, 0.25) is 0 Å². The van der Waals surface area contributed by atoms with Crippen molar-refractivity contribution in [2.75, 3.05) is 55.6 Å². The summed E-state index contributed by atoms with van der Waals surface area (Å²) < 4.78 is 6.52. The molecule has 4 aliphatic rings. The third-order valence-electron chi connectivity index (χ3n) is 12.7. The maximum Gasteiger partial charge on any atom is 0.272 e. The maximum absolute atomic E-state index is 13.4. The molecule has 14 nitrogen and oxygen atoms in total. The van der Waals surface area contributed by atoms with Gasteiger partial charge in [0.2, 0.25) is 11.8 Å². The van der Waals surface area contributed by atoms with Gasteiger partial charge in [-0.05, 0) is 98.7 Å². The lowest BCUT2D eigenvalue weighted by atomic mass is 9.49. The molecule has 306 valence electrons. The summed E-state index contributed by atoms with van der Waals surface area (Å²) in [5, 5.41) is 26.5. The summed E-state index contributed by atoms with van der Waals surface area (Å²) >= 11 is 0. The van der Waals surface area contributed by atoms with Gasteiger partial charge in [-0.2, -0.15) is 5.26 Å². The number of hydrogen-bond donors (Lipinski definition) is 3. The molecule has 1 saturated carbocycles. The van der Waals surface area contributed by atoms with Crippen LogP contribution < -0.4 is 30.5 Å². The van der Waals surface area contributed by atoms with E-state index in [0.717, 1.165) is 87.0 Å². The van der Waals surface area contributed by atoms with Gasteiger partial charge in [-0.1, -0.05) is 27.7 Å². The number of anilines is 2. The smallest absolute Gasteiger partial charge is 0.272 e. The molecule has 1 unspecified atom stereocenters. The van der Waals surface area contributed by atoms with Crippen molar-refractivity contribution in [2.45, 2.75) is 85.4 Å². The van der Waals surface area contributed by atoms with E-state index in [1.165, 1.54) is 0 Å². The molecule has 2 aromatic carbocycles. The average Bonchev–Trinajstić information content (AvgIpc) is 3.20. The van der Waals surface area contributed by atoms with E-state index in [1.807, 2.05) is 44.2 Å². The summed E-state index contributed by atoms with van der Waals surface area (Å²) in [6.07, 6.45) is 2.49. The highest BCUT2D eigenvalue weighted by atomic mass is 16.5. The molecular formula is C44H55N9O5. The van der Waals surface area contributed by atoms with Crippen molar-refractivity contribution >= 4 is 35.1 Å². The van der Waals surface area contributed by atoms with E-state index in [2.05, 4.69) is 74.6 Å². The number of nitrogens with one attached hydrogen (secondary N) is 3. The zero-order valence-corrected chi connectivity index (χ0v) is 34.4. The number of aromatic nitrogens is 2. The zero-order valence-electron chi connectivity index (χ0n) is 34.4. The number of rotatable bonds is 10. The number of piperidine rings is 2. The average molecular weight is 790 g/mol. The molecule has 3 saturated heterocycles. The molecule has 3 aromatic rings. The van der Waals surface area contributed by atoms with Gasteiger partial charge in [0.15, 0.2) is 11.5 Å². The monoisotopic (exact) mass is 789 g/mol. The molecule has 1 atom stereocenters. The highest BCUT2D eigenvalue weighted by molar-refractivity contribution is 6.03. The second-order valence-corrected chi connectivity index (χ2v) is 17.6. The van der Waals surface area contributed by atoms with Gasteiger partial charge in [-0.15, -0.1) is 10.2 Å². The summed E-state index contributed by atoms with van der Waals surface area (Å²) in [4.78, 5) is 56.7. The van der Waals surface area contributed by atoms with Gasteiger partial charge in [0.05, 0.1) is 11.6 Å². The first-order valence-corrected chi connectivity index (χ1v) is 20.4. The Morgan fingerprint density at radius 1 is 0.845 bits per heavy atom.